The predicted octanol–water partition coefficient (Wildman–Crippen LogP) is 3.28. The van der Waals surface area contributed by atoms with Gasteiger partial charge in [0.25, 0.3) is 5.91 Å². The van der Waals surface area contributed by atoms with Crippen molar-refractivity contribution in [2.24, 2.45) is 5.73 Å². The summed E-state index contributed by atoms with van der Waals surface area (Å²) in [5.74, 6) is 0.307. The first-order valence-electron chi connectivity index (χ1n) is 9.80. The van der Waals surface area contributed by atoms with Crippen molar-refractivity contribution in [2.75, 3.05) is 16.8 Å². The van der Waals surface area contributed by atoms with E-state index in [0.717, 1.165) is 25.1 Å². The molecule has 7 heteroatoms. The minimum Gasteiger partial charge on any atom is -0.481 e. The Balaban J connectivity index is 1.64. The summed E-state index contributed by atoms with van der Waals surface area (Å²) in [6.45, 7) is 2.60. The maximum Gasteiger partial charge on any atom is 0.265 e. The van der Waals surface area contributed by atoms with E-state index in [-0.39, 0.29) is 17.6 Å². The number of amides is 2. The van der Waals surface area contributed by atoms with Crippen molar-refractivity contribution in [1.82, 2.24) is 0 Å². The summed E-state index contributed by atoms with van der Waals surface area (Å²) in [6, 6.07) is 14.1. The minimum absolute atomic E-state index is 0.0553. The number of nitrogen functional groups attached to an aromatic ring is 1. The molecule has 0 saturated carbocycles. The monoisotopic (exact) mass is 394 g/mol. The Morgan fingerprint density at radius 2 is 2.00 bits per heavy atom. The average Bonchev–Trinajstić information content (AvgIpc) is 2.73. The van der Waals surface area contributed by atoms with Gasteiger partial charge in [0, 0.05) is 29.9 Å². The van der Waals surface area contributed by atoms with Crippen LogP contribution in [0.2, 0.25) is 0 Å². The minimum atomic E-state index is -0.680. The zero-order valence-electron chi connectivity index (χ0n) is 16.5. The molecule has 2 amide bonds. The molecular weight excluding hydrogens is 368 g/mol. The second-order valence-corrected chi connectivity index (χ2v) is 6.99. The lowest BCUT2D eigenvalue weighted by atomic mass is 10.1. The van der Waals surface area contributed by atoms with E-state index in [9.17, 15) is 9.59 Å². The summed E-state index contributed by atoms with van der Waals surface area (Å²) in [5.41, 5.74) is 7.53. The molecule has 0 bridgehead atoms. The van der Waals surface area contributed by atoms with E-state index in [0.29, 0.717) is 29.8 Å². The van der Waals surface area contributed by atoms with E-state index in [2.05, 4.69) is 5.32 Å². The normalized spacial score (nSPS) is 14.9. The molecule has 0 aliphatic carbocycles. The molecule has 1 aliphatic rings. The van der Waals surface area contributed by atoms with Crippen LogP contribution in [0.15, 0.2) is 48.5 Å². The Labute approximate surface area is 170 Å². The molecule has 2 aromatic rings. The number of nitrogens with one attached hydrogen (secondary N) is 2. The van der Waals surface area contributed by atoms with Crippen LogP contribution < -0.4 is 20.7 Å². The fourth-order valence-corrected chi connectivity index (χ4v) is 3.25. The predicted molar refractivity (Wildman–Crippen MR) is 113 cm³/mol. The van der Waals surface area contributed by atoms with Gasteiger partial charge in [0.15, 0.2) is 6.10 Å². The first-order chi connectivity index (χ1) is 14.0. The fourth-order valence-electron chi connectivity index (χ4n) is 3.25. The number of hydrogen-bond acceptors (Lipinski definition) is 4. The van der Waals surface area contributed by atoms with Crippen LogP contribution in [0.1, 0.15) is 38.2 Å². The van der Waals surface area contributed by atoms with Crippen LogP contribution in [0.5, 0.6) is 5.75 Å². The van der Waals surface area contributed by atoms with Gasteiger partial charge in [-0.05, 0) is 55.7 Å². The number of piperidine rings is 1. The second-order valence-electron chi connectivity index (χ2n) is 6.99. The van der Waals surface area contributed by atoms with E-state index < -0.39 is 6.10 Å². The molecule has 1 fully saturated rings. The Bertz CT molecular complexity index is 895. The Kier molecular flexibility index (Phi) is 6.49. The molecule has 0 aromatic heterocycles. The van der Waals surface area contributed by atoms with Gasteiger partial charge >= 0.3 is 0 Å². The number of ether oxygens (including phenoxy) is 1. The third-order valence-corrected chi connectivity index (χ3v) is 4.86. The molecule has 1 unspecified atom stereocenters. The van der Waals surface area contributed by atoms with Crippen molar-refractivity contribution in [3.8, 4) is 5.75 Å². The van der Waals surface area contributed by atoms with Crippen LogP contribution in [0, 0.1) is 5.41 Å². The molecule has 1 heterocycles. The van der Waals surface area contributed by atoms with Gasteiger partial charge in [-0.2, -0.15) is 0 Å². The molecule has 3 rings (SSSR count). The number of amidine groups is 1. The molecule has 4 N–H and O–H groups in total. The lowest BCUT2D eigenvalue weighted by Gasteiger charge is -2.27. The molecule has 2 aromatic carbocycles. The summed E-state index contributed by atoms with van der Waals surface area (Å²) >= 11 is 0. The molecule has 0 radical (unpaired) electrons. The molecule has 7 nitrogen and oxygen atoms in total. The Hall–Kier alpha value is -3.35. The number of nitrogens with zero attached hydrogens (tertiary/aromatic N) is 1. The quantitative estimate of drug-likeness (QED) is 0.494. The topological polar surface area (TPSA) is 109 Å². The molecule has 29 heavy (non-hydrogen) atoms. The number of rotatable bonds is 7. The highest BCUT2D eigenvalue weighted by Crippen LogP contribution is 2.23. The van der Waals surface area contributed by atoms with E-state index >= 15 is 0 Å². The van der Waals surface area contributed by atoms with Crippen LogP contribution >= 0.6 is 0 Å². The van der Waals surface area contributed by atoms with E-state index in [1.807, 2.05) is 19.1 Å². The first-order valence-corrected chi connectivity index (χ1v) is 9.80. The highest BCUT2D eigenvalue weighted by molar-refractivity contribution is 5.97. The lowest BCUT2D eigenvalue weighted by Crippen LogP contribution is -2.35. The standard InChI is InChI=1S/C22H26N4O3/c1-2-19(29-18-7-5-6-15(14-18)21(23)24)22(28)25-16-9-11-17(12-10-16)26-13-4-3-8-20(26)27/h5-7,9-12,14,19H,2-4,8,13H2,1H3,(H3,23,24)(H,25,28). The second kappa shape index (κ2) is 9.23. The van der Waals surface area contributed by atoms with Crippen LogP contribution in [0.25, 0.3) is 0 Å². The van der Waals surface area contributed by atoms with Gasteiger partial charge in [-0.15, -0.1) is 0 Å². The van der Waals surface area contributed by atoms with Crippen molar-refractivity contribution < 1.29 is 14.3 Å². The summed E-state index contributed by atoms with van der Waals surface area (Å²) < 4.78 is 5.80. The molecule has 1 aliphatic heterocycles. The largest absolute Gasteiger partial charge is 0.481 e. The maximum atomic E-state index is 12.6. The number of benzene rings is 2. The van der Waals surface area contributed by atoms with Crippen molar-refractivity contribution in [1.29, 1.82) is 5.41 Å². The van der Waals surface area contributed by atoms with E-state index in [1.165, 1.54) is 0 Å². The van der Waals surface area contributed by atoms with Crippen LogP contribution in [0.3, 0.4) is 0 Å². The van der Waals surface area contributed by atoms with Crippen LogP contribution in [0.4, 0.5) is 11.4 Å². The number of anilines is 2. The van der Waals surface area contributed by atoms with Crippen molar-refractivity contribution >= 4 is 29.0 Å². The molecule has 0 spiro atoms. The third-order valence-electron chi connectivity index (χ3n) is 4.86. The highest BCUT2D eigenvalue weighted by Gasteiger charge is 2.21. The summed E-state index contributed by atoms with van der Waals surface area (Å²) in [7, 11) is 0. The molecule has 152 valence electrons. The van der Waals surface area contributed by atoms with Gasteiger partial charge in [0.2, 0.25) is 5.91 Å². The van der Waals surface area contributed by atoms with Gasteiger partial charge in [-0.1, -0.05) is 19.1 Å². The maximum absolute atomic E-state index is 12.6. The Morgan fingerprint density at radius 1 is 1.24 bits per heavy atom. The molecule has 1 atom stereocenters. The zero-order valence-corrected chi connectivity index (χ0v) is 16.5. The van der Waals surface area contributed by atoms with Crippen molar-refractivity contribution in [3.05, 3.63) is 54.1 Å². The van der Waals surface area contributed by atoms with E-state index in [1.54, 1.807) is 41.3 Å². The number of carbonyl (C=O) groups is 2. The first kappa shape index (κ1) is 20.4. The van der Waals surface area contributed by atoms with Gasteiger partial charge in [-0.25, -0.2) is 0 Å². The highest BCUT2D eigenvalue weighted by atomic mass is 16.5. The zero-order chi connectivity index (χ0) is 20.8. The average molecular weight is 394 g/mol. The smallest absolute Gasteiger partial charge is 0.265 e. The summed E-state index contributed by atoms with van der Waals surface area (Å²) in [4.78, 5) is 26.5. The molecular formula is C22H26N4O3. The summed E-state index contributed by atoms with van der Waals surface area (Å²) in [5, 5.41) is 10.4. The van der Waals surface area contributed by atoms with Gasteiger partial charge in [0.05, 0.1) is 0 Å². The van der Waals surface area contributed by atoms with Crippen LogP contribution in [-0.2, 0) is 9.59 Å². The lowest BCUT2D eigenvalue weighted by molar-refractivity contribution is -0.123. The Morgan fingerprint density at radius 3 is 2.66 bits per heavy atom. The van der Waals surface area contributed by atoms with Crippen LogP contribution in [-0.4, -0.2) is 30.3 Å². The molecule has 1 saturated heterocycles. The van der Waals surface area contributed by atoms with E-state index in [4.69, 9.17) is 15.9 Å². The SMILES string of the molecule is CCC(Oc1cccc(C(=N)N)c1)C(=O)Nc1ccc(N2CCCCC2=O)cc1. The third kappa shape index (κ3) is 5.13. The fraction of sp³-hybridized carbons (Fsp3) is 0.318. The van der Waals surface area contributed by atoms with Crippen molar-refractivity contribution in [2.45, 2.75) is 38.7 Å². The number of hydrogen-bond donors (Lipinski definition) is 3. The number of nitrogens with two attached hydrogens (primary N) is 1. The van der Waals surface area contributed by atoms with Crippen molar-refractivity contribution in [3.63, 3.8) is 0 Å². The van der Waals surface area contributed by atoms with Gasteiger partial charge < -0.3 is 20.7 Å². The summed E-state index contributed by atoms with van der Waals surface area (Å²) in [6.07, 6.45) is 2.33. The van der Waals surface area contributed by atoms with Gasteiger partial charge in [0.1, 0.15) is 11.6 Å². The number of carbonyl (C=O) groups excluding carboxylic acids is 2. The van der Waals surface area contributed by atoms with Gasteiger partial charge in [-0.3, -0.25) is 15.0 Å².